The molecule has 9 nitrogen and oxygen atoms in total. The molecule has 2 aromatic rings. The number of ether oxygens (including phenoxy) is 1. The van der Waals surface area contributed by atoms with Crippen molar-refractivity contribution in [1.29, 1.82) is 0 Å². The lowest BCUT2D eigenvalue weighted by Gasteiger charge is -2.19. The van der Waals surface area contributed by atoms with Gasteiger partial charge in [0.2, 0.25) is 15.9 Å². The fourth-order valence-electron chi connectivity index (χ4n) is 4.12. The highest BCUT2D eigenvalue weighted by atomic mass is 32.2. The maximum atomic E-state index is 13.3. The van der Waals surface area contributed by atoms with Crippen molar-refractivity contribution < 1.29 is 26.4 Å². The van der Waals surface area contributed by atoms with Crippen LogP contribution in [-0.4, -0.2) is 48.2 Å². The van der Waals surface area contributed by atoms with Crippen molar-refractivity contribution in [1.82, 2.24) is 0 Å². The third-order valence-corrected chi connectivity index (χ3v) is 8.97. The Balaban J connectivity index is 1.67. The minimum absolute atomic E-state index is 0.0300. The van der Waals surface area contributed by atoms with Gasteiger partial charge in [0.05, 0.1) is 24.0 Å². The van der Waals surface area contributed by atoms with Gasteiger partial charge < -0.3 is 9.64 Å². The van der Waals surface area contributed by atoms with E-state index >= 15 is 0 Å². The van der Waals surface area contributed by atoms with Crippen molar-refractivity contribution in [3.63, 3.8) is 0 Å². The largest absolute Gasteiger partial charge is 0.492 e. The zero-order valence-electron chi connectivity index (χ0n) is 18.5. The number of rotatable bonds is 7. The summed E-state index contributed by atoms with van der Waals surface area (Å²) in [6.07, 6.45) is 2.28. The fourth-order valence-corrected chi connectivity index (χ4v) is 7.16. The van der Waals surface area contributed by atoms with Crippen LogP contribution in [-0.2, 0) is 24.8 Å². The van der Waals surface area contributed by atoms with Gasteiger partial charge in [0, 0.05) is 24.5 Å². The second-order valence-electron chi connectivity index (χ2n) is 8.19. The Bertz CT molecular complexity index is 1250. The van der Waals surface area contributed by atoms with Gasteiger partial charge in [0.25, 0.3) is 10.0 Å². The van der Waals surface area contributed by atoms with Crippen LogP contribution in [0.5, 0.6) is 5.75 Å². The van der Waals surface area contributed by atoms with E-state index in [2.05, 4.69) is 9.62 Å². The van der Waals surface area contributed by atoms with E-state index in [-0.39, 0.29) is 28.7 Å². The van der Waals surface area contributed by atoms with Crippen molar-refractivity contribution in [2.45, 2.75) is 31.6 Å². The van der Waals surface area contributed by atoms with Crippen molar-refractivity contribution in [3.05, 3.63) is 42.5 Å². The normalized spacial score (nSPS) is 20.3. The maximum absolute atomic E-state index is 13.3. The summed E-state index contributed by atoms with van der Waals surface area (Å²) in [6.45, 7) is 5.41. The Morgan fingerprint density at radius 2 is 1.70 bits per heavy atom. The van der Waals surface area contributed by atoms with Crippen LogP contribution >= 0.6 is 0 Å². The van der Waals surface area contributed by atoms with Gasteiger partial charge in [0.1, 0.15) is 10.6 Å². The summed E-state index contributed by atoms with van der Waals surface area (Å²) in [4.78, 5) is 14.5. The second kappa shape index (κ2) is 8.86. The van der Waals surface area contributed by atoms with Gasteiger partial charge in [-0.05, 0) is 62.2 Å². The molecule has 0 saturated carbocycles. The maximum Gasteiger partial charge on any atom is 0.265 e. The molecule has 1 N–H and O–H groups in total. The number of anilines is 3. The lowest BCUT2D eigenvalue weighted by Crippen LogP contribution is -2.30. The molecule has 2 fully saturated rings. The Morgan fingerprint density at radius 3 is 2.27 bits per heavy atom. The van der Waals surface area contributed by atoms with Gasteiger partial charge in [-0.15, -0.1) is 0 Å². The first kappa shape index (κ1) is 23.4. The van der Waals surface area contributed by atoms with E-state index in [0.29, 0.717) is 9.99 Å². The molecule has 2 heterocycles. The lowest BCUT2D eigenvalue weighted by molar-refractivity contribution is -0.119. The number of amides is 1. The van der Waals surface area contributed by atoms with Crippen LogP contribution < -0.4 is 18.7 Å². The number of sulfonamides is 2. The zero-order chi connectivity index (χ0) is 23.8. The number of carbonyl (C=O) groups excluding carboxylic acids is 1. The van der Waals surface area contributed by atoms with Gasteiger partial charge >= 0.3 is 0 Å². The van der Waals surface area contributed by atoms with Gasteiger partial charge in [0.15, 0.2) is 0 Å². The third kappa shape index (κ3) is 4.65. The molecule has 0 bridgehead atoms. The molecule has 1 unspecified atom stereocenters. The molecule has 2 saturated heterocycles. The molecule has 0 aliphatic carbocycles. The highest BCUT2D eigenvalue weighted by Gasteiger charge is 2.42. The highest BCUT2D eigenvalue weighted by molar-refractivity contribution is 7.94. The molecule has 33 heavy (non-hydrogen) atoms. The third-order valence-electron chi connectivity index (χ3n) is 5.70. The molecule has 1 amide bonds. The van der Waals surface area contributed by atoms with Crippen LogP contribution in [0.4, 0.5) is 17.1 Å². The van der Waals surface area contributed by atoms with Crippen molar-refractivity contribution in [3.8, 4) is 5.75 Å². The van der Waals surface area contributed by atoms with Crippen LogP contribution in [0.3, 0.4) is 0 Å². The Hall–Kier alpha value is -2.79. The molecule has 2 aromatic carbocycles. The monoisotopic (exact) mass is 493 g/mol. The molecule has 11 heteroatoms. The average Bonchev–Trinajstić information content (AvgIpc) is 3.35. The molecular weight excluding hydrogens is 466 g/mol. The second-order valence-corrected chi connectivity index (χ2v) is 11.7. The fraction of sp³-hybridized carbons (Fsp3) is 0.409. The molecule has 2 aliphatic rings. The predicted molar refractivity (Wildman–Crippen MR) is 127 cm³/mol. The van der Waals surface area contributed by atoms with Gasteiger partial charge in [-0.3, -0.25) is 9.52 Å². The number of hydrogen-bond donors (Lipinski definition) is 1. The van der Waals surface area contributed by atoms with Gasteiger partial charge in [-0.2, -0.15) is 0 Å². The Kier molecular flexibility index (Phi) is 6.28. The van der Waals surface area contributed by atoms with Gasteiger partial charge in [-0.1, -0.05) is 6.92 Å². The minimum Gasteiger partial charge on any atom is -0.492 e. The average molecular weight is 494 g/mol. The number of hydrogen-bond acceptors (Lipinski definition) is 7. The van der Waals surface area contributed by atoms with Crippen LogP contribution in [0.25, 0.3) is 0 Å². The van der Waals surface area contributed by atoms with E-state index in [1.165, 1.54) is 25.1 Å². The van der Waals surface area contributed by atoms with E-state index in [1.54, 1.807) is 19.1 Å². The van der Waals surface area contributed by atoms with E-state index in [4.69, 9.17) is 4.74 Å². The van der Waals surface area contributed by atoms with E-state index in [0.717, 1.165) is 31.6 Å². The summed E-state index contributed by atoms with van der Waals surface area (Å²) in [7, 11) is -8.01. The number of nitrogens with zero attached hydrogens (tertiary/aromatic N) is 2. The van der Waals surface area contributed by atoms with Crippen molar-refractivity contribution >= 4 is 43.0 Å². The highest BCUT2D eigenvalue weighted by Crippen LogP contribution is 2.35. The summed E-state index contributed by atoms with van der Waals surface area (Å²) < 4.78 is 60.2. The summed E-state index contributed by atoms with van der Waals surface area (Å²) in [6, 6.07) is 11.0. The first-order valence-corrected chi connectivity index (χ1v) is 13.9. The van der Waals surface area contributed by atoms with Crippen LogP contribution in [0, 0.1) is 5.92 Å². The minimum atomic E-state index is -4.14. The Morgan fingerprint density at radius 1 is 1.06 bits per heavy atom. The van der Waals surface area contributed by atoms with Crippen molar-refractivity contribution in [2.75, 3.05) is 39.4 Å². The molecule has 0 radical (unpaired) electrons. The van der Waals surface area contributed by atoms with E-state index < -0.39 is 31.9 Å². The molecule has 0 spiro atoms. The van der Waals surface area contributed by atoms with Crippen LogP contribution in [0.2, 0.25) is 0 Å². The van der Waals surface area contributed by atoms with E-state index in [1.807, 2.05) is 12.1 Å². The molecule has 178 valence electrons. The smallest absolute Gasteiger partial charge is 0.265 e. The lowest BCUT2D eigenvalue weighted by atomic mass is 10.2. The quantitative estimate of drug-likeness (QED) is 0.631. The number of carbonyl (C=O) groups is 1. The summed E-state index contributed by atoms with van der Waals surface area (Å²) >= 11 is 0. The summed E-state index contributed by atoms with van der Waals surface area (Å²) in [5, 5.41) is 0. The number of benzene rings is 2. The first-order valence-electron chi connectivity index (χ1n) is 10.8. The summed E-state index contributed by atoms with van der Waals surface area (Å²) in [5.41, 5.74) is 1.36. The first-order chi connectivity index (χ1) is 15.6. The molecular formula is C22H27N3O6S2. The molecule has 1 atom stereocenters. The number of nitrogens with one attached hydrogen (secondary N) is 1. The van der Waals surface area contributed by atoms with Gasteiger partial charge in [-0.25, -0.2) is 21.1 Å². The van der Waals surface area contributed by atoms with Crippen LogP contribution in [0.1, 0.15) is 26.7 Å². The molecule has 4 rings (SSSR count). The topological polar surface area (TPSA) is 113 Å². The standard InChI is InChI=1S/C22H27N3O6S2/c1-3-31-20-11-10-19(25-22(26)16(2)15-32(25,27)28)14-21(20)33(29,30)23-17-6-8-18(9-7-17)24-12-4-5-13-24/h6-11,14,16,23H,3-5,12-13,15H2,1-2H3. The SMILES string of the molecule is CCOc1ccc(N2C(=O)C(C)CS2(=O)=O)cc1S(=O)(=O)Nc1ccc(N2CCCC2)cc1. The zero-order valence-corrected chi connectivity index (χ0v) is 20.2. The van der Waals surface area contributed by atoms with Crippen molar-refractivity contribution in [2.24, 2.45) is 5.92 Å². The molecule has 0 aromatic heterocycles. The predicted octanol–water partition coefficient (Wildman–Crippen LogP) is 2.80. The van der Waals surface area contributed by atoms with E-state index in [9.17, 15) is 21.6 Å². The Labute approximate surface area is 194 Å². The summed E-state index contributed by atoms with van der Waals surface area (Å²) in [5.74, 6) is -1.54. The van der Waals surface area contributed by atoms with Crippen LogP contribution in [0.15, 0.2) is 47.4 Å². The molecule has 2 aliphatic heterocycles.